The van der Waals surface area contributed by atoms with Crippen molar-refractivity contribution in [3.8, 4) is 0 Å². The van der Waals surface area contributed by atoms with Crippen LogP contribution in [0.15, 0.2) is 0 Å². The van der Waals surface area contributed by atoms with Gasteiger partial charge in [-0.25, -0.2) is 0 Å². The lowest BCUT2D eigenvalue weighted by Crippen LogP contribution is -2.35. The standard InChI is InChI=1S/C8H16O2/c1-2-3-8(9)4-6-10-7-5-8/h9H,2-7H2,1H3. The van der Waals surface area contributed by atoms with Crippen molar-refractivity contribution in [1.82, 2.24) is 0 Å². The van der Waals surface area contributed by atoms with Gasteiger partial charge in [-0.2, -0.15) is 0 Å². The third-order valence-electron chi connectivity index (χ3n) is 2.14. The van der Waals surface area contributed by atoms with E-state index in [1.54, 1.807) is 0 Å². The molecule has 1 aliphatic rings. The van der Waals surface area contributed by atoms with E-state index in [9.17, 15) is 5.11 Å². The maximum absolute atomic E-state index is 9.79. The molecule has 0 unspecified atom stereocenters. The largest absolute Gasteiger partial charge is 0.390 e. The minimum Gasteiger partial charge on any atom is -0.390 e. The fourth-order valence-corrected chi connectivity index (χ4v) is 1.47. The molecule has 1 aliphatic heterocycles. The lowest BCUT2D eigenvalue weighted by Gasteiger charge is -2.31. The molecule has 0 atom stereocenters. The van der Waals surface area contributed by atoms with E-state index in [-0.39, 0.29) is 0 Å². The second-order valence-electron chi connectivity index (χ2n) is 3.09. The molecule has 10 heavy (non-hydrogen) atoms. The van der Waals surface area contributed by atoms with Crippen molar-refractivity contribution < 1.29 is 9.84 Å². The zero-order chi connectivity index (χ0) is 7.45. The zero-order valence-corrected chi connectivity index (χ0v) is 6.60. The molecular weight excluding hydrogens is 128 g/mol. The number of aliphatic hydroxyl groups is 1. The average Bonchev–Trinajstić information content (AvgIpc) is 1.89. The summed E-state index contributed by atoms with van der Waals surface area (Å²) in [5, 5.41) is 9.79. The van der Waals surface area contributed by atoms with Gasteiger partial charge < -0.3 is 9.84 Å². The van der Waals surface area contributed by atoms with Gasteiger partial charge in [-0.1, -0.05) is 13.3 Å². The maximum atomic E-state index is 9.79. The Morgan fingerprint density at radius 2 is 2.00 bits per heavy atom. The molecule has 1 rings (SSSR count). The van der Waals surface area contributed by atoms with Gasteiger partial charge in [0, 0.05) is 13.2 Å². The summed E-state index contributed by atoms with van der Waals surface area (Å²) in [5.41, 5.74) is -0.396. The molecule has 1 heterocycles. The van der Waals surface area contributed by atoms with E-state index in [4.69, 9.17) is 4.74 Å². The SMILES string of the molecule is CCCC1(O)CCOCC1. The lowest BCUT2D eigenvalue weighted by molar-refractivity contribution is -0.0681. The summed E-state index contributed by atoms with van der Waals surface area (Å²) < 4.78 is 5.15. The van der Waals surface area contributed by atoms with Crippen LogP contribution in [0.1, 0.15) is 32.6 Å². The quantitative estimate of drug-likeness (QED) is 0.633. The van der Waals surface area contributed by atoms with Crippen LogP contribution in [0, 0.1) is 0 Å². The van der Waals surface area contributed by atoms with Crippen LogP contribution in [0.5, 0.6) is 0 Å². The van der Waals surface area contributed by atoms with E-state index in [1.807, 2.05) is 0 Å². The lowest BCUT2D eigenvalue weighted by atomic mass is 9.90. The molecule has 60 valence electrons. The Labute approximate surface area is 62.2 Å². The van der Waals surface area contributed by atoms with Crippen LogP contribution < -0.4 is 0 Å². The Kier molecular flexibility index (Phi) is 2.69. The Hall–Kier alpha value is -0.0800. The molecular formula is C8H16O2. The third-order valence-corrected chi connectivity index (χ3v) is 2.14. The Morgan fingerprint density at radius 1 is 1.40 bits per heavy atom. The summed E-state index contributed by atoms with van der Waals surface area (Å²) in [4.78, 5) is 0. The number of hydrogen-bond acceptors (Lipinski definition) is 2. The van der Waals surface area contributed by atoms with Crippen LogP contribution in [-0.2, 0) is 4.74 Å². The fourth-order valence-electron chi connectivity index (χ4n) is 1.47. The predicted octanol–water partition coefficient (Wildman–Crippen LogP) is 1.33. The molecule has 2 nitrogen and oxygen atoms in total. The first-order valence-electron chi connectivity index (χ1n) is 4.07. The van der Waals surface area contributed by atoms with Gasteiger partial charge in [0.1, 0.15) is 0 Å². The predicted molar refractivity (Wildman–Crippen MR) is 39.9 cm³/mol. The molecule has 0 amide bonds. The fraction of sp³-hybridized carbons (Fsp3) is 1.00. The van der Waals surface area contributed by atoms with Crippen LogP contribution >= 0.6 is 0 Å². The van der Waals surface area contributed by atoms with Gasteiger partial charge in [0.25, 0.3) is 0 Å². The summed E-state index contributed by atoms with van der Waals surface area (Å²) >= 11 is 0. The van der Waals surface area contributed by atoms with Crippen molar-refractivity contribution in [3.05, 3.63) is 0 Å². The first-order valence-corrected chi connectivity index (χ1v) is 4.07. The molecule has 0 aliphatic carbocycles. The molecule has 0 aromatic carbocycles. The second-order valence-corrected chi connectivity index (χ2v) is 3.09. The molecule has 0 aromatic heterocycles. The third kappa shape index (κ3) is 1.96. The van der Waals surface area contributed by atoms with E-state index < -0.39 is 5.60 Å². The van der Waals surface area contributed by atoms with E-state index in [2.05, 4.69) is 6.92 Å². The van der Waals surface area contributed by atoms with Crippen molar-refractivity contribution >= 4 is 0 Å². The number of rotatable bonds is 2. The van der Waals surface area contributed by atoms with Crippen molar-refractivity contribution in [2.75, 3.05) is 13.2 Å². The van der Waals surface area contributed by atoms with Crippen molar-refractivity contribution in [3.63, 3.8) is 0 Å². The summed E-state index contributed by atoms with van der Waals surface area (Å²) in [5.74, 6) is 0. The summed E-state index contributed by atoms with van der Waals surface area (Å²) in [6, 6.07) is 0. The van der Waals surface area contributed by atoms with Crippen LogP contribution in [-0.4, -0.2) is 23.9 Å². The molecule has 0 aromatic rings. The minimum atomic E-state index is -0.396. The van der Waals surface area contributed by atoms with Crippen molar-refractivity contribution in [2.24, 2.45) is 0 Å². The van der Waals surface area contributed by atoms with E-state index >= 15 is 0 Å². The molecule has 0 saturated carbocycles. The van der Waals surface area contributed by atoms with Gasteiger partial charge in [0.05, 0.1) is 5.60 Å². The highest BCUT2D eigenvalue weighted by Gasteiger charge is 2.27. The number of hydrogen-bond donors (Lipinski definition) is 1. The normalized spacial score (nSPS) is 24.6. The van der Waals surface area contributed by atoms with E-state index in [1.165, 1.54) is 0 Å². The van der Waals surface area contributed by atoms with Crippen molar-refractivity contribution in [2.45, 2.75) is 38.2 Å². The van der Waals surface area contributed by atoms with Gasteiger partial charge in [0.15, 0.2) is 0 Å². The Balaban J connectivity index is 2.32. The summed E-state index contributed by atoms with van der Waals surface area (Å²) in [6.07, 6.45) is 3.63. The molecule has 1 saturated heterocycles. The highest BCUT2D eigenvalue weighted by Crippen LogP contribution is 2.24. The molecule has 2 heteroatoms. The Morgan fingerprint density at radius 3 is 2.50 bits per heavy atom. The highest BCUT2D eigenvalue weighted by molar-refractivity contribution is 4.79. The second kappa shape index (κ2) is 3.35. The van der Waals surface area contributed by atoms with Crippen molar-refractivity contribution in [1.29, 1.82) is 0 Å². The van der Waals surface area contributed by atoms with Crippen LogP contribution in [0.25, 0.3) is 0 Å². The van der Waals surface area contributed by atoms with Crippen LogP contribution in [0.3, 0.4) is 0 Å². The monoisotopic (exact) mass is 144 g/mol. The molecule has 0 bridgehead atoms. The molecule has 0 radical (unpaired) electrons. The first kappa shape index (κ1) is 8.02. The van der Waals surface area contributed by atoms with Gasteiger partial charge in [-0.05, 0) is 19.3 Å². The highest BCUT2D eigenvalue weighted by atomic mass is 16.5. The average molecular weight is 144 g/mol. The molecule has 1 fully saturated rings. The van der Waals surface area contributed by atoms with Gasteiger partial charge in [-0.3, -0.25) is 0 Å². The summed E-state index contributed by atoms with van der Waals surface area (Å²) in [6.45, 7) is 3.57. The van der Waals surface area contributed by atoms with Gasteiger partial charge >= 0.3 is 0 Å². The topological polar surface area (TPSA) is 29.5 Å². The van der Waals surface area contributed by atoms with E-state index in [0.717, 1.165) is 38.9 Å². The maximum Gasteiger partial charge on any atom is 0.0691 e. The van der Waals surface area contributed by atoms with E-state index in [0.29, 0.717) is 0 Å². The first-order chi connectivity index (χ1) is 4.77. The van der Waals surface area contributed by atoms with Gasteiger partial charge in [-0.15, -0.1) is 0 Å². The van der Waals surface area contributed by atoms with Crippen LogP contribution in [0.4, 0.5) is 0 Å². The zero-order valence-electron chi connectivity index (χ0n) is 6.60. The molecule has 0 spiro atoms. The molecule has 1 N–H and O–H groups in total. The minimum absolute atomic E-state index is 0.396. The Bertz CT molecular complexity index is 89.9. The summed E-state index contributed by atoms with van der Waals surface area (Å²) in [7, 11) is 0. The van der Waals surface area contributed by atoms with Gasteiger partial charge in [0.2, 0.25) is 0 Å². The number of ether oxygens (including phenoxy) is 1. The van der Waals surface area contributed by atoms with Crippen LogP contribution in [0.2, 0.25) is 0 Å². The smallest absolute Gasteiger partial charge is 0.0691 e.